The van der Waals surface area contributed by atoms with Crippen LogP contribution in [0, 0.1) is 0 Å². The maximum Gasteiger partial charge on any atom is 0.137 e. The summed E-state index contributed by atoms with van der Waals surface area (Å²) in [6, 6.07) is 5.86. The summed E-state index contributed by atoms with van der Waals surface area (Å²) in [5.41, 5.74) is 1.16. The first-order chi connectivity index (χ1) is 9.22. The Balaban J connectivity index is 1.94. The molecule has 4 nitrogen and oxygen atoms in total. The van der Waals surface area contributed by atoms with E-state index in [-0.39, 0.29) is 12.7 Å². The lowest BCUT2D eigenvalue weighted by molar-refractivity contribution is -0.0407. The van der Waals surface area contributed by atoms with Crippen molar-refractivity contribution in [3.63, 3.8) is 0 Å². The topological polar surface area (TPSA) is 41.9 Å². The standard InChI is InChI=1S/C14H20ClNO3/c1-18-14-3-2-11(8-13(14)15)9-16-5-7-19-12(10-16)4-6-17/h2-3,8,12,17H,4-7,9-10H2,1H3/t12-/m0/s1. The Labute approximate surface area is 118 Å². The number of aliphatic hydroxyl groups is 1. The molecule has 0 radical (unpaired) electrons. The molecule has 19 heavy (non-hydrogen) atoms. The van der Waals surface area contributed by atoms with Gasteiger partial charge in [-0.3, -0.25) is 4.90 Å². The molecule has 106 valence electrons. The van der Waals surface area contributed by atoms with Crippen LogP contribution in [-0.4, -0.2) is 49.5 Å². The molecular formula is C14H20ClNO3. The molecule has 1 heterocycles. The van der Waals surface area contributed by atoms with Crippen LogP contribution < -0.4 is 4.74 Å². The van der Waals surface area contributed by atoms with Crippen LogP contribution in [0.5, 0.6) is 5.75 Å². The van der Waals surface area contributed by atoms with E-state index in [0.717, 1.165) is 25.2 Å². The van der Waals surface area contributed by atoms with Crippen LogP contribution in [0.1, 0.15) is 12.0 Å². The number of ether oxygens (including phenoxy) is 2. The van der Waals surface area contributed by atoms with Gasteiger partial charge in [-0.15, -0.1) is 0 Å². The van der Waals surface area contributed by atoms with E-state index in [4.69, 9.17) is 26.2 Å². The van der Waals surface area contributed by atoms with Crippen LogP contribution in [0.25, 0.3) is 0 Å². The van der Waals surface area contributed by atoms with Gasteiger partial charge in [-0.25, -0.2) is 0 Å². The largest absolute Gasteiger partial charge is 0.495 e. The highest BCUT2D eigenvalue weighted by Crippen LogP contribution is 2.25. The van der Waals surface area contributed by atoms with Crippen molar-refractivity contribution in [2.24, 2.45) is 0 Å². The van der Waals surface area contributed by atoms with Gasteiger partial charge in [0.25, 0.3) is 0 Å². The third-order valence-corrected chi connectivity index (χ3v) is 3.59. The van der Waals surface area contributed by atoms with Gasteiger partial charge in [-0.2, -0.15) is 0 Å². The molecule has 1 atom stereocenters. The smallest absolute Gasteiger partial charge is 0.137 e. The Morgan fingerprint density at radius 2 is 2.37 bits per heavy atom. The first-order valence-corrected chi connectivity index (χ1v) is 6.88. The van der Waals surface area contributed by atoms with Crippen molar-refractivity contribution in [3.05, 3.63) is 28.8 Å². The number of benzene rings is 1. The van der Waals surface area contributed by atoms with E-state index < -0.39 is 0 Å². The molecule has 1 aromatic carbocycles. The summed E-state index contributed by atoms with van der Waals surface area (Å²) in [7, 11) is 1.61. The van der Waals surface area contributed by atoms with E-state index in [9.17, 15) is 0 Å². The van der Waals surface area contributed by atoms with Crippen LogP contribution in [0.4, 0.5) is 0 Å². The number of hydrogen-bond acceptors (Lipinski definition) is 4. The maximum atomic E-state index is 8.96. The molecule has 0 aliphatic carbocycles. The molecule has 1 fully saturated rings. The van der Waals surface area contributed by atoms with E-state index in [1.54, 1.807) is 7.11 Å². The van der Waals surface area contributed by atoms with Crippen LogP contribution in [0.2, 0.25) is 5.02 Å². The zero-order valence-electron chi connectivity index (χ0n) is 11.1. The highest BCUT2D eigenvalue weighted by molar-refractivity contribution is 6.32. The number of rotatable bonds is 5. The average molecular weight is 286 g/mol. The highest BCUT2D eigenvalue weighted by Gasteiger charge is 2.20. The van der Waals surface area contributed by atoms with E-state index in [1.165, 1.54) is 0 Å². The maximum absolute atomic E-state index is 8.96. The Kier molecular flexibility index (Phi) is 5.45. The van der Waals surface area contributed by atoms with Gasteiger partial charge in [0.05, 0.1) is 24.8 Å². The van der Waals surface area contributed by atoms with Gasteiger partial charge < -0.3 is 14.6 Å². The van der Waals surface area contributed by atoms with Gasteiger partial charge >= 0.3 is 0 Å². The minimum absolute atomic E-state index is 0.132. The van der Waals surface area contributed by atoms with Crippen molar-refractivity contribution in [2.45, 2.75) is 19.1 Å². The highest BCUT2D eigenvalue weighted by atomic mass is 35.5. The number of nitrogens with zero attached hydrogens (tertiary/aromatic N) is 1. The number of morpholine rings is 1. The van der Waals surface area contributed by atoms with Crippen molar-refractivity contribution in [1.82, 2.24) is 4.90 Å². The molecule has 1 N–H and O–H groups in total. The minimum Gasteiger partial charge on any atom is -0.495 e. The first kappa shape index (κ1) is 14.6. The molecule has 1 aliphatic heterocycles. The summed E-state index contributed by atoms with van der Waals surface area (Å²) in [5.74, 6) is 0.700. The van der Waals surface area contributed by atoms with Gasteiger partial charge in [0.1, 0.15) is 5.75 Å². The van der Waals surface area contributed by atoms with E-state index in [2.05, 4.69) is 4.90 Å². The fourth-order valence-electron chi connectivity index (χ4n) is 2.31. The van der Waals surface area contributed by atoms with Gasteiger partial charge in [0.15, 0.2) is 0 Å². The quantitative estimate of drug-likeness (QED) is 0.898. The molecule has 1 saturated heterocycles. The van der Waals surface area contributed by atoms with Crippen molar-refractivity contribution in [1.29, 1.82) is 0 Å². The molecule has 5 heteroatoms. The third kappa shape index (κ3) is 4.08. The first-order valence-electron chi connectivity index (χ1n) is 6.50. The van der Waals surface area contributed by atoms with Crippen molar-refractivity contribution >= 4 is 11.6 Å². The summed E-state index contributed by atoms with van der Waals surface area (Å²) in [6.07, 6.45) is 0.826. The molecule has 0 saturated carbocycles. The van der Waals surface area contributed by atoms with E-state index >= 15 is 0 Å². The fourth-order valence-corrected chi connectivity index (χ4v) is 2.59. The lowest BCUT2D eigenvalue weighted by atomic mass is 10.1. The molecule has 0 amide bonds. The monoisotopic (exact) mass is 285 g/mol. The SMILES string of the molecule is COc1ccc(CN2CCO[C@@H](CCO)C2)cc1Cl. The summed E-state index contributed by atoms with van der Waals surface area (Å²) in [6.45, 7) is 3.49. The molecule has 0 bridgehead atoms. The number of aliphatic hydroxyl groups excluding tert-OH is 1. The Morgan fingerprint density at radius 1 is 1.53 bits per heavy atom. The molecule has 1 aromatic rings. The number of halogens is 1. The van der Waals surface area contributed by atoms with Crippen LogP contribution in [-0.2, 0) is 11.3 Å². The van der Waals surface area contributed by atoms with E-state index in [1.807, 2.05) is 18.2 Å². The zero-order valence-corrected chi connectivity index (χ0v) is 11.9. The van der Waals surface area contributed by atoms with Gasteiger partial charge in [-0.05, 0) is 24.1 Å². The molecule has 2 rings (SSSR count). The molecule has 0 unspecified atom stereocenters. The Hall–Kier alpha value is -0.810. The van der Waals surface area contributed by atoms with Gasteiger partial charge in [0, 0.05) is 26.2 Å². The summed E-state index contributed by atoms with van der Waals surface area (Å²) >= 11 is 6.12. The zero-order chi connectivity index (χ0) is 13.7. The molecular weight excluding hydrogens is 266 g/mol. The fraction of sp³-hybridized carbons (Fsp3) is 0.571. The van der Waals surface area contributed by atoms with Crippen molar-refractivity contribution in [2.75, 3.05) is 33.4 Å². The normalized spacial score (nSPS) is 20.5. The predicted octanol–water partition coefficient (Wildman–Crippen LogP) is 1.93. The molecule has 0 aromatic heterocycles. The number of methoxy groups -OCH3 is 1. The van der Waals surface area contributed by atoms with Crippen molar-refractivity contribution < 1.29 is 14.6 Å². The van der Waals surface area contributed by atoms with Gasteiger partial charge in [0.2, 0.25) is 0 Å². The van der Waals surface area contributed by atoms with Crippen LogP contribution in [0.3, 0.4) is 0 Å². The lowest BCUT2D eigenvalue weighted by Gasteiger charge is -2.32. The number of hydrogen-bond donors (Lipinski definition) is 1. The van der Waals surface area contributed by atoms with E-state index in [0.29, 0.717) is 23.8 Å². The second kappa shape index (κ2) is 7.10. The second-order valence-corrected chi connectivity index (χ2v) is 5.12. The minimum atomic E-state index is 0.132. The third-order valence-electron chi connectivity index (χ3n) is 3.30. The summed E-state index contributed by atoms with van der Waals surface area (Å²) < 4.78 is 10.7. The predicted molar refractivity (Wildman–Crippen MR) is 74.7 cm³/mol. The average Bonchev–Trinajstić information content (AvgIpc) is 2.40. The van der Waals surface area contributed by atoms with Crippen molar-refractivity contribution in [3.8, 4) is 5.75 Å². The Bertz CT molecular complexity index is 412. The summed E-state index contributed by atoms with van der Waals surface area (Å²) in [4.78, 5) is 2.32. The van der Waals surface area contributed by atoms with Crippen LogP contribution in [0.15, 0.2) is 18.2 Å². The van der Waals surface area contributed by atoms with Crippen LogP contribution >= 0.6 is 11.6 Å². The lowest BCUT2D eigenvalue weighted by Crippen LogP contribution is -2.42. The second-order valence-electron chi connectivity index (χ2n) is 4.71. The Morgan fingerprint density at radius 3 is 3.05 bits per heavy atom. The summed E-state index contributed by atoms with van der Waals surface area (Å²) in [5, 5.41) is 9.60. The molecule has 1 aliphatic rings. The van der Waals surface area contributed by atoms with Gasteiger partial charge in [-0.1, -0.05) is 17.7 Å². The molecule has 0 spiro atoms.